The molecule has 3 nitrogen and oxygen atoms in total. The standard InChI is InChI=1S/C8H11ClF3N3/c1-4(13-2)6-5(9)7(8(10,11)12)15(3)14-6/h4,13H,1-3H3. The van der Waals surface area contributed by atoms with E-state index in [1.807, 2.05) is 0 Å². The first-order valence-corrected chi connectivity index (χ1v) is 4.63. The smallest absolute Gasteiger partial charge is 0.312 e. The molecule has 86 valence electrons. The maximum absolute atomic E-state index is 12.5. The fraction of sp³-hybridized carbons (Fsp3) is 0.625. The van der Waals surface area contributed by atoms with Gasteiger partial charge in [-0.3, -0.25) is 4.68 Å². The van der Waals surface area contributed by atoms with Gasteiger partial charge >= 0.3 is 6.18 Å². The number of halogens is 4. The number of rotatable bonds is 2. The molecule has 0 radical (unpaired) electrons. The molecule has 1 unspecified atom stereocenters. The highest BCUT2D eigenvalue weighted by molar-refractivity contribution is 6.32. The van der Waals surface area contributed by atoms with Gasteiger partial charge in [0.05, 0.1) is 10.7 Å². The van der Waals surface area contributed by atoms with Crippen LogP contribution in [0, 0.1) is 0 Å². The van der Waals surface area contributed by atoms with E-state index < -0.39 is 11.9 Å². The summed E-state index contributed by atoms with van der Waals surface area (Å²) in [5.41, 5.74) is -0.713. The Bertz CT molecular complexity index is 359. The van der Waals surface area contributed by atoms with Crippen molar-refractivity contribution in [2.24, 2.45) is 7.05 Å². The third-order valence-corrected chi connectivity index (χ3v) is 2.50. The lowest BCUT2D eigenvalue weighted by Gasteiger charge is -2.07. The van der Waals surface area contributed by atoms with Crippen LogP contribution in [0.4, 0.5) is 13.2 Å². The molecule has 1 heterocycles. The molecule has 0 saturated carbocycles. The average molecular weight is 242 g/mol. The Balaban J connectivity index is 3.27. The highest BCUT2D eigenvalue weighted by Gasteiger charge is 2.39. The molecule has 0 aromatic carbocycles. The van der Waals surface area contributed by atoms with Gasteiger partial charge in [0, 0.05) is 13.1 Å². The van der Waals surface area contributed by atoms with Gasteiger partial charge in [-0.05, 0) is 14.0 Å². The summed E-state index contributed by atoms with van der Waals surface area (Å²) < 4.78 is 38.3. The van der Waals surface area contributed by atoms with Gasteiger partial charge in [0.1, 0.15) is 0 Å². The van der Waals surface area contributed by atoms with Crippen LogP contribution >= 0.6 is 11.6 Å². The molecule has 1 aromatic rings. The van der Waals surface area contributed by atoms with Crippen LogP contribution in [0.1, 0.15) is 24.4 Å². The van der Waals surface area contributed by atoms with E-state index in [0.29, 0.717) is 0 Å². The minimum atomic E-state index is -4.48. The monoisotopic (exact) mass is 241 g/mol. The van der Waals surface area contributed by atoms with E-state index in [9.17, 15) is 13.2 Å². The Morgan fingerprint density at radius 2 is 2.00 bits per heavy atom. The number of alkyl halides is 3. The summed E-state index contributed by atoms with van der Waals surface area (Å²) in [7, 11) is 2.85. The van der Waals surface area contributed by atoms with Crippen molar-refractivity contribution in [3.63, 3.8) is 0 Å². The maximum Gasteiger partial charge on any atom is 0.434 e. The summed E-state index contributed by atoms with van der Waals surface area (Å²) >= 11 is 5.64. The number of hydrogen-bond donors (Lipinski definition) is 1. The Hall–Kier alpha value is -0.750. The number of hydrogen-bond acceptors (Lipinski definition) is 2. The van der Waals surface area contributed by atoms with Gasteiger partial charge in [-0.2, -0.15) is 18.3 Å². The first-order valence-electron chi connectivity index (χ1n) is 4.26. The van der Waals surface area contributed by atoms with Crippen molar-refractivity contribution in [2.45, 2.75) is 19.1 Å². The number of nitrogens with zero attached hydrogens (tertiary/aromatic N) is 2. The van der Waals surface area contributed by atoms with Crippen molar-refractivity contribution >= 4 is 11.6 Å². The van der Waals surface area contributed by atoms with E-state index in [0.717, 1.165) is 4.68 Å². The molecule has 0 spiro atoms. The molecule has 0 fully saturated rings. The molecule has 0 aliphatic carbocycles. The van der Waals surface area contributed by atoms with Crippen LogP contribution in [0.2, 0.25) is 5.02 Å². The Morgan fingerprint density at radius 1 is 1.47 bits per heavy atom. The summed E-state index contributed by atoms with van der Waals surface area (Å²) in [4.78, 5) is 0. The second-order valence-corrected chi connectivity index (χ2v) is 3.56. The second-order valence-electron chi connectivity index (χ2n) is 3.18. The molecule has 0 amide bonds. The normalized spacial score (nSPS) is 14.3. The van der Waals surface area contributed by atoms with E-state index >= 15 is 0 Å². The zero-order valence-corrected chi connectivity index (χ0v) is 9.24. The molecule has 1 aromatic heterocycles. The first-order chi connectivity index (χ1) is 6.79. The van der Waals surface area contributed by atoms with Gasteiger partial charge < -0.3 is 5.32 Å². The quantitative estimate of drug-likeness (QED) is 0.862. The maximum atomic E-state index is 12.5. The van der Waals surface area contributed by atoms with E-state index in [1.165, 1.54) is 7.05 Å². The molecule has 15 heavy (non-hydrogen) atoms. The van der Waals surface area contributed by atoms with Crippen molar-refractivity contribution in [3.8, 4) is 0 Å². The van der Waals surface area contributed by atoms with Crippen LogP contribution in [0.3, 0.4) is 0 Å². The van der Waals surface area contributed by atoms with Gasteiger partial charge in [0.2, 0.25) is 0 Å². The number of aromatic nitrogens is 2. The Labute approximate surface area is 90.2 Å². The third kappa shape index (κ3) is 2.26. The Kier molecular flexibility index (Phi) is 3.30. The fourth-order valence-corrected chi connectivity index (χ4v) is 1.67. The molecule has 0 saturated heterocycles. The summed E-state index contributed by atoms with van der Waals surface area (Å²) in [5.74, 6) is 0. The molecular weight excluding hydrogens is 231 g/mol. The molecule has 7 heteroatoms. The van der Waals surface area contributed by atoms with Crippen molar-refractivity contribution in [2.75, 3.05) is 7.05 Å². The highest BCUT2D eigenvalue weighted by atomic mass is 35.5. The van der Waals surface area contributed by atoms with E-state index in [1.54, 1.807) is 14.0 Å². The molecular formula is C8H11ClF3N3. The lowest BCUT2D eigenvalue weighted by atomic mass is 10.2. The largest absolute Gasteiger partial charge is 0.434 e. The Morgan fingerprint density at radius 3 is 2.33 bits per heavy atom. The van der Waals surface area contributed by atoms with Crippen LogP contribution in [-0.2, 0) is 13.2 Å². The zero-order chi connectivity index (χ0) is 11.8. The first kappa shape index (κ1) is 12.3. The fourth-order valence-electron chi connectivity index (χ4n) is 1.24. The van der Waals surface area contributed by atoms with Crippen LogP contribution < -0.4 is 5.32 Å². The predicted molar refractivity (Wildman–Crippen MR) is 50.7 cm³/mol. The number of aryl methyl sites for hydroxylation is 1. The summed E-state index contributed by atoms with van der Waals surface area (Å²) in [6, 6.07) is -0.320. The molecule has 1 rings (SSSR count). The van der Waals surface area contributed by atoms with E-state index in [-0.39, 0.29) is 16.8 Å². The average Bonchev–Trinajstić information content (AvgIpc) is 2.39. The lowest BCUT2D eigenvalue weighted by Crippen LogP contribution is -2.13. The highest BCUT2D eigenvalue weighted by Crippen LogP contribution is 2.37. The minimum absolute atomic E-state index is 0.203. The second kappa shape index (κ2) is 4.02. The van der Waals surface area contributed by atoms with Crippen molar-refractivity contribution in [1.82, 2.24) is 15.1 Å². The molecule has 1 atom stereocenters. The van der Waals surface area contributed by atoms with Gasteiger partial charge in [0.15, 0.2) is 5.69 Å². The SMILES string of the molecule is CNC(C)c1nn(C)c(C(F)(F)F)c1Cl. The van der Waals surface area contributed by atoms with E-state index in [4.69, 9.17) is 11.6 Å². The molecule has 0 aliphatic rings. The summed E-state index contributed by atoms with van der Waals surface area (Å²) in [6.07, 6.45) is -4.48. The molecule has 0 aliphatic heterocycles. The van der Waals surface area contributed by atoms with Gasteiger partial charge in [0.25, 0.3) is 0 Å². The zero-order valence-electron chi connectivity index (χ0n) is 8.48. The van der Waals surface area contributed by atoms with Crippen molar-refractivity contribution in [1.29, 1.82) is 0 Å². The summed E-state index contributed by atoms with van der Waals surface area (Å²) in [5, 5.41) is 6.20. The summed E-state index contributed by atoms with van der Waals surface area (Å²) in [6.45, 7) is 1.69. The third-order valence-electron chi connectivity index (χ3n) is 2.13. The molecule has 0 bridgehead atoms. The van der Waals surface area contributed by atoms with Crippen LogP contribution in [-0.4, -0.2) is 16.8 Å². The lowest BCUT2D eigenvalue weighted by molar-refractivity contribution is -0.143. The minimum Gasteiger partial charge on any atom is -0.312 e. The topological polar surface area (TPSA) is 29.9 Å². The van der Waals surface area contributed by atoms with Crippen LogP contribution in [0.5, 0.6) is 0 Å². The van der Waals surface area contributed by atoms with E-state index in [2.05, 4.69) is 10.4 Å². The van der Waals surface area contributed by atoms with Gasteiger partial charge in [-0.1, -0.05) is 11.6 Å². The van der Waals surface area contributed by atoms with Crippen molar-refractivity contribution < 1.29 is 13.2 Å². The van der Waals surface area contributed by atoms with Crippen LogP contribution in [0.15, 0.2) is 0 Å². The van der Waals surface area contributed by atoms with Gasteiger partial charge in [-0.25, -0.2) is 0 Å². The van der Waals surface area contributed by atoms with Crippen LogP contribution in [0.25, 0.3) is 0 Å². The van der Waals surface area contributed by atoms with Crippen molar-refractivity contribution in [3.05, 3.63) is 16.4 Å². The predicted octanol–water partition coefficient (Wildman–Crippen LogP) is 2.37. The molecule has 1 N–H and O–H groups in total. The number of nitrogens with one attached hydrogen (secondary N) is 1. The van der Waals surface area contributed by atoms with Gasteiger partial charge in [-0.15, -0.1) is 0 Å².